The third kappa shape index (κ3) is 3.15. The molecule has 0 amide bonds. The first-order valence-electron chi connectivity index (χ1n) is 5.93. The SMILES string of the molecule is Cc1ccc(F)c(C(N)Cc2ccc(F)cc2F)c1. The molecular weight excluding hydrogens is 251 g/mol. The van der Waals surface area contributed by atoms with E-state index in [0.29, 0.717) is 5.56 Å². The zero-order valence-corrected chi connectivity index (χ0v) is 10.5. The van der Waals surface area contributed by atoms with Crippen LogP contribution in [0.3, 0.4) is 0 Å². The largest absolute Gasteiger partial charge is 0.324 e. The first-order chi connectivity index (χ1) is 8.97. The molecule has 0 saturated carbocycles. The second-order valence-electron chi connectivity index (χ2n) is 4.57. The van der Waals surface area contributed by atoms with E-state index < -0.39 is 23.5 Å². The third-order valence-electron chi connectivity index (χ3n) is 3.01. The minimum Gasteiger partial charge on any atom is -0.324 e. The predicted octanol–water partition coefficient (Wildman–Crippen LogP) is 3.65. The van der Waals surface area contributed by atoms with Crippen molar-refractivity contribution < 1.29 is 13.2 Å². The normalized spacial score (nSPS) is 12.5. The van der Waals surface area contributed by atoms with Crippen LogP contribution in [0, 0.1) is 24.4 Å². The van der Waals surface area contributed by atoms with Gasteiger partial charge in [-0.2, -0.15) is 0 Å². The molecule has 0 radical (unpaired) electrons. The van der Waals surface area contributed by atoms with Gasteiger partial charge in [0.1, 0.15) is 17.5 Å². The van der Waals surface area contributed by atoms with Crippen molar-refractivity contribution in [3.8, 4) is 0 Å². The van der Waals surface area contributed by atoms with Crippen LogP contribution in [-0.2, 0) is 6.42 Å². The Labute approximate surface area is 109 Å². The molecule has 4 heteroatoms. The molecule has 1 atom stereocenters. The summed E-state index contributed by atoms with van der Waals surface area (Å²) in [6.07, 6.45) is 0.118. The molecule has 0 saturated heterocycles. The van der Waals surface area contributed by atoms with Gasteiger partial charge in [-0.15, -0.1) is 0 Å². The smallest absolute Gasteiger partial charge is 0.129 e. The van der Waals surface area contributed by atoms with Crippen molar-refractivity contribution in [2.24, 2.45) is 5.73 Å². The van der Waals surface area contributed by atoms with Crippen LogP contribution < -0.4 is 5.73 Å². The molecule has 100 valence electrons. The van der Waals surface area contributed by atoms with Crippen LogP contribution >= 0.6 is 0 Å². The van der Waals surface area contributed by atoms with Crippen molar-refractivity contribution in [3.05, 3.63) is 70.5 Å². The lowest BCUT2D eigenvalue weighted by Gasteiger charge is -2.14. The average molecular weight is 265 g/mol. The van der Waals surface area contributed by atoms with Gasteiger partial charge in [-0.25, -0.2) is 13.2 Å². The Morgan fingerprint density at radius 2 is 1.74 bits per heavy atom. The fraction of sp³-hybridized carbons (Fsp3) is 0.200. The Hall–Kier alpha value is -1.81. The zero-order chi connectivity index (χ0) is 14.0. The van der Waals surface area contributed by atoms with E-state index in [0.717, 1.165) is 17.7 Å². The number of benzene rings is 2. The minimum absolute atomic E-state index is 0.118. The quantitative estimate of drug-likeness (QED) is 0.900. The average Bonchev–Trinajstić information content (AvgIpc) is 2.35. The van der Waals surface area contributed by atoms with E-state index >= 15 is 0 Å². The highest BCUT2D eigenvalue weighted by Crippen LogP contribution is 2.22. The monoisotopic (exact) mass is 265 g/mol. The van der Waals surface area contributed by atoms with Gasteiger partial charge in [-0.1, -0.05) is 23.8 Å². The lowest BCUT2D eigenvalue weighted by atomic mass is 9.97. The van der Waals surface area contributed by atoms with E-state index in [9.17, 15) is 13.2 Å². The van der Waals surface area contributed by atoms with Gasteiger partial charge in [0.05, 0.1) is 0 Å². The summed E-state index contributed by atoms with van der Waals surface area (Å²) in [6.45, 7) is 1.83. The van der Waals surface area contributed by atoms with E-state index in [1.54, 1.807) is 12.1 Å². The van der Waals surface area contributed by atoms with Gasteiger partial charge in [-0.3, -0.25) is 0 Å². The number of aryl methyl sites for hydroxylation is 1. The summed E-state index contributed by atoms with van der Waals surface area (Å²) >= 11 is 0. The Morgan fingerprint density at radius 3 is 2.42 bits per heavy atom. The molecule has 2 aromatic carbocycles. The maximum absolute atomic E-state index is 13.7. The summed E-state index contributed by atoms with van der Waals surface area (Å²) in [6, 6.07) is 7.25. The first kappa shape index (κ1) is 13.6. The predicted molar refractivity (Wildman–Crippen MR) is 68.1 cm³/mol. The fourth-order valence-corrected chi connectivity index (χ4v) is 1.98. The summed E-state index contributed by atoms with van der Waals surface area (Å²) in [5.41, 5.74) is 7.39. The summed E-state index contributed by atoms with van der Waals surface area (Å²) in [5.74, 6) is -1.72. The summed E-state index contributed by atoms with van der Waals surface area (Å²) in [5, 5.41) is 0. The lowest BCUT2D eigenvalue weighted by molar-refractivity contribution is 0.550. The summed E-state index contributed by atoms with van der Waals surface area (Å²) in [7, 11) is 0. The molecule has 2 rings (SSSR count). The van der Waals surface area contributed by atoms with E-state index in [2.05, 4.69) is 0 Å². The van der Waals surface area contributed by atoms with Crippen molar-refractivity contribution in [1.29, 1.82) is 0 Å². The molecule has 0 spiro atoms. The molecule has 2 N–H and O–H groups in total. The Morgan fingerprint density at radius 1 is 1.00 bits per heavy atom. The molecule has 0 aliphatic heterocycles. The van der Waals surface area contributed by atoms with Crippen LogP contribution in [0.2, 0.25) is 0 Å². The molecular formula is C15H14F3N. The van der Waals surface area contributed by atoms with E-state index in [1.165, 1.54) is 12.1 Å². The minimum atomic E-state index is -0.667. The standard InChI is InChI=1S/C15H14F3N/c1-9-2-5-13(17)12(6-9)15(19)7-10-3-4-11(16)8-14(10)18/h2-6,8,15H,7,19H2,1H3. The third-order valence-corrected chi connectivity index (χ3v) is 3.01. The highest BCUT2D eigenvalue weighted by molar-refractivity contribution is 5.29. The molecule has 19 heavy (non-hydrogen) atoms. The molecule has 1 nitrogen and oxygen atoms in total. The van der Waals surface area contributed by atoms with Crippen molar-refractivity contribution >= 4 is 0 Å². The van der Waals surface area contributed by atoms with Crippen LogP contribution in [0.4, 0.5) is 13.2 Å². The van der Waals surface area contributed by atoms with Crippen LogP contribution in [0.25, 0.3) is 0 Å². The van der Waals surface area contributed by atoms with Gasteiger partial charge < -0.3 is 5.73 Å². The maximum Gasteiger partial charge on any atom is 0.129 e. The summed E-state index contributed by atoms with van der Waals surface area (Å²) < 4.78 is 40.0. The number of hydrogen-bond donors (Lipinski definition) is 1. The van der Waals surface area contributed by atoms with Gasteiger partial charge in [0.2, 0.25) is 0 Å². The molecule has 0 heterocycles. The van der Waals surface area contributed by atoms with Crippen LogP contribution in [-0.4, -0.2) is 0 Å². The van der Waals surface area contributed by atoms with Gasteiger partial charge in [-0.05, 0) is 31.0 Å². The second-order valence-corrected chi connectivity index (χ2v) is 4.57. The fourth-order valence-electron chi connectivity index (χ4n) is 1.98. The molecule has 0 fully saturated rings. The lowest BCUT2D eigenvalue weighted by Crippen LogP contribution is -2.16. The highest BCUT2D eigenvalue weighted by Gasteiger charge is 2.14. The Balaban J connectivity index is 2.25. The van der Waals surface area contributed by atoms with Gasteiger partial charge in [0.25, 0.3) is 0 Å². The van der Waals surface area contributed by atoms with Crippen LogP contribution in [0.15, 0.2) is 36.4 Å². The van der Waals surface area contributed by atoms with Crippen molar-refractivity contribution in [2.75, 3.05) is 0 Å². The molecule has 0 aliphatic rings. The first-order valence-corrected chi connectivity index (χ1v) is 5.93. The van der Waals surface area contributed by atoms with Gasteiger partial charge in [0.15, 0.2) is 0 Å². The highest BCUT2D eigenvalue weighted by atomic mass is 19.1. The van der Waals surface area contributed by atoms with Crippen molar-refractivity contribution in [3.63, 3.8) is 0 Å². The van der Waals surface area contributed by atoms with Crippen molar-refractivity contribution in [2.45, 2.75) is 19.4 Å². The van der Waals surface area contributed by atoms with E-state index in [-0.39, 0.29) is 12.0 Å². The number of nitrogens with two attached hydrogens (primary N) is 1. The molecule has 0 bridgehead atoms. The molecule has 2 aromatic rings. The molecule has 0 aliphatic carbocycles. The van der Waals surface area contributed by atoms with Gasteiger partial charge in [0, 0.05) is 17.7 Å². The maximum atomic E-state index is 13.7. The van der Waals surface area contributed by atoms with Gasteiger partial charge >= 0.3 is 0 Å². The second kappa shape index (κ2) is 5.45. The van der Waals surface area contributed by atoms with E-state index in [4.69, 9.17) is 5.73 Å². The number of halogens is 3. The molecule has 0 aromatic heterocycles. The Bertz CT molecular complexity index is 596. The van der Waals surface area contributed by atoms with Crippen LogP contribution in [0.1, 0.15) is 22.7 Å². The van der Waals surface area contributed by atoms with E-state index in [1.807, 2.05) is 6.92 Å². The topological polar surface area (TPSA) is 26.0 Å². The summed E-state index contributed by atoms with van der Waals surface area (Å²) in [4.78, 5) is 0. The Kier molecular flexibility index (Phi) is 3.90. The molecule has 1 unspecified atom stereocenters. The van der Waals surface area contributed by atoms with Crippen LogP contribution in [0.5, 0.6) is 0 Å². The number of hydrogen-bond acceptors (Lipinski definition) is 1. The number of rotatable bonds is 3. The zero-order valence-electron chi connectivity index (χ0n) is 10.5. The van der Waals surface area contributed by atoms with Crippen molar-refractivity contribution in [1.82, 2.24) is 0 Å².